The molecule has 0 saturated carbocycles. The molecule has 110 valence electrons. The number of amides is 1. The van der Waals surface area contributed by atoms with E-state index in [4.69, 9.17) is 0 Å². The van der Waals surface area contributed by atoms with Gasteiger partial charge in [-0.2, -0.15) is 0 Å². The van der Waals surface area contributed by atoms with Crippen molar-refractivity contribution in [3.63, 3.8) is 0 Å². The van der Waals surface area contributed by atoms with Gasteiger partial charge in [-0.1, -0.05) is 6.92 Å². The van der Waals surface area contributed by atoms with E-state index in [0.29, 0.717) is 6.04 Å². The molecule has 1 unspecified atom stereocenters. The summed E-state index contributed by atoms with van der Waals surface area (Å²) in [5.74, 6) is 0.0957. The van der Waals surface area contributed by atoms with Crippen LogP contribution in [-0.2, 0) is 0 Å². The third-order valence-corrected chi connectivity index (χ3v) is 5.26. The van der Waals surface area contributed by atoms with Crippen molar-refractivity contribution in [1.29, 1.82) is 0 Å². The number of hydrogen-bond acceptors (Lipinski definition) is 2. The van der Waals surface area contributed by atoms with E-state index >= 15 is 0 Å². The highest BCUT2D eigenvalue weighted by Gasteiger charge is 2.26. The molecule has 1 aromatic carbocycles. The predicted octanol–water partition coefficient (Wildman–Crippen LogP) is 3.61. The summed E-state index contributed by atoms with van der Waals surface area (Å²) in [6.45, 7) is 5.23. The van der Waals surface area contributed by atoms with E-state index in [9.17, 15) is 4.79 Å². The number of likely N-dealkylation sites (N-methyl/N-ethyl adjacent to an activating group) is 2. The average molecular weight is 451 g/mol. The Kier molecular flexibility index (Phi) is 5.86. The van der Waals surface area contributed by atoms with Crippen LogP contribution in [0.5, 0.6) is 0 Å². The maximum absolute atomic E-state index is 12.6. The molecule has 0 radical (unpaired) electrons. The molecule has 1 aromatic rings. The van der Waals surface area contributed by atoms with E-state index in [-0.39, 0.29) is 5.91 Å². The van der Waals surface area contributed by atoms with E-state index < -0.39 is 0 Å². The van der Waals surface area contributed by atoms with Crippen LogP contribution >= 0.6 is 38.5 Å². The fourth-order valence-electron chi connectivity index (χ4n) is 2.78. The Morgan fingerprint density at radius 1 is 1.55 bits per heavy atom. The van der Waals surface area contributed by atoms with Crippen LogP contribution in [0.4, 0.5) is 0 Å². The molecule has 5 heteroatoms. The number of rotatable bonds is 4. The van der Waals surface area contributed by atoms with Crippen molar-refractivity contribution >= 4 is 44.4 Å². The number of benzene rings is 1. The van der Waals surface area contributed by atoms with Crippen molar-refractivity contribution in [1.82, 2.24) is 9.80 Å². The molecule has 0 spiro atoms. The molecule has 1 aliphatic rings. The molecule has 0 aliphatic carbocycles. The zero-order valence-electron chi connectivity index (χ0n) is 11.9. The molecular weight excluding hydrogens is 431 g/mol. The number of carbonyl (C=O) groups excluding carboxylic acids is 1. The summed E-state index contributed by atoms with van der Waals surface area (Å²) in [6, 6.07) is 6.39. The minimum atomic E-state index is 0.0957. The van der Waals surface area contributed by atoms with Gasteiger partial charge in [0.25, 0.3) is 5.91 Å². The highest BCUT2D eigenvalue weighted by molar-refractivity contribution is 14.1. The molecule has 1 heterocycles. The van der Waals surface area contributed by atoms with Crippen LogP contribution in [0.1, 0.15) is 30.1 Å². The second-order valence-electron chi connectivity index (χ2n) is 5.23. The van der Waals surface area contributed by atoms with Gasteiger partial charge < -0.3 is 4.90 Å². The molecular formula is C15H20BrIN2O. The Bertz CT molecular complexity index is 495. The SMILES string of the molecule is CCN1CCCC1CN(C)C(=O)c1cc(I)ccc1Br. The van der Waals surface area contributed by atoms with Gasteiger partial charge in [-0.3, -0.25) is 9.69 Å². The number of hydrogen-bond donors (Lipinski definition) is 0. The normalized spacial score (nSPS) is 19.3. The van der Waals surface area contributed by atoms with Gasteiger partial charge in [-0.15, -0.1) is 0 Å². The molecule has 1 amide bonds. The number of likely N-dealkylation sites (tertiary alicyclic amines) is 1. The van der Waals surface area contributed by atoms with E-state index in [1.165, 1.54) is 12.8 Å². The van der Waals surface area contributed by atoms with Crippen molar-refractivity contribution in [3.8, 4) is 0 Å². The van der Waals surface area contributed by atoms with Crippen molar-refractivity contribution in [2.75, 3.05) is 26.7 Å². The summed E-state index contributed by atoms with van der Waals surface area (Å²) in [6.07, 6.45) is 2.44. The lowest BCUT2D eigenvalue weighted by Gasteiger charge is -2.28. The van der Waals surface area contributed by atoms with E-state index in [1.54, 1.807) is 0 Å². The maximum Gasteiger partial charge on any atom is 0.254 e. The third-order valence-electron chi connectivity index (χ3n) is 3.90. The Balaban J connectivity index is 2.07. The van der Waals surface area contributed by atoms with Crippen molar-refractivity contribution < 1.29 is 4.79 Å². The predicted molar refractivity (Wildman–Crippen MR) is 94.1 cm³/mol. The highest BCUT2D eigenvalue weighted by atomic mass is 127. The van der Waals surface area contributed by atoms with Crippen LogP contribution in [0.3, 0.4) is 0 Å². The molecule has 0 N–H and O–H groups in total. The van der Waals surface area contributed by atoms with Gasteiger partial charge in [-0.25, -0.2) is 0 Å². The Morgan fingerprint density at radius 2 is 2.30 bits per heavy atom. The lowest BCUT2D eigenvalue weighted by Crippen LogP contribution is -2.41. The minimum Gasteiger partial charge on any atom is -0.340 e. The van der Waals surface area contributed by atoms with Crippen LogP contribution in [0.2, 0.25) is 0 Å². The zero-order valence-corrected chi connectivity index (χ0v) is 15.6. The van der Waals surface area contributed by atoms with Gasteiger partial charge in [0.2, 0.25) is 0 Å². The highest BCUT2D eigenvalue weighted by Crippen LogP contribution is 2.22. The van der Waals surface area contributed by atoms with Gasteiger partial charge >= 0.3 is 0 Å². The molecule has 1 aliphatic heterocycles. The lowest BCUT2D eigenvalue weighted by molar-refractivity contribution is 0.0753. The van der Waals surface area contributed by atoms with E-state index in [1.807, 2.05) is 30.1 Å². The standard InChI is InChI=1S/C15H20BrIN2O/c1-3-19-8-4-5-12(19)10-18(2)15(20)13-9-11(17)6-7-14(13)16/h6-7,9,12H,3-5,8,10H2,1-2H3. The van der Waals surface area contributed by atoms with Crippen molar-refractivity contribution in [2.45, 2.75) is 25.8 Å². The molecule has 1 fully saturated rings. The van der Waals surface area contributed by atoms with E-state index in [2.05, 4.69) is 50.3 Å². The topological polar surface area (TPSA) is 23.6 Å². The summed E-state index contributed by atoms with van der Waals surface area (Å²) in [5, 5.41) is 0. The van der Waals surface area contributed by atoms with Crippen LogP contribution < -0.4 is 0 Å². The van der Waals surface area contributed by atoms with Crippen LogP contribution in [-0.4, -0.2) is 48.4 Å². The fourth-order valence-corrected chi connectivity index (χ4v) is 3.69. The van der Waals surface area contributed by atoms with Gasteiger partial charge in [0, 0.05) is 27.7 Å². The summed E-state index contributed by atoms with van der Waals surface area (Å²) in [5.41, 5.74) is 0.750. The first-order chi connectivity index (χ1) is 9.52. The average Bonchev–Trinajstić information content (AvgIpc) is 2.87. The number of carbonyl (C=O) groups is 1. The summed E-state index contributed by atoms with van der Waals surface area (Å²) in [4.78, 5) is 16.9. The smallest absolute Gasteiger partial charge is 0.254 e. The first-order valence-electron chi connectivity index (χ1n) is 6.97. The van der Waals surface area contributed by atoms with Crippen LogP contribution in [0.25, 0.3) is 0 Å². The summed E-state index contributed by atoms with van der Waals surface area (Å²) >= 11 is 5.71. The van der Waals surface area contributed by atoms with Crippen molar-refractivity contribution in [2.24, 2.45) is 0 Å². The Labute approximate surface area is 143 Å². The van der Waals surface area contributed by atoms with Gasteiger partial charge in [0.15, 0.2) is 0 Å². The molecule has 20 heavy (non-hydrogen) atoms. The largest absolute Gasteiger partial charge is 0.340 e. The molecule has 1 saturated heterocycles. The molecule has 1 atom stereocenters. The Morgan fingerprint density at radius 3 is 3.00 bits per heavy atom. The zero-order chi connectivity index (χ0) is 14.7. The Hall–Kier alpha value is -0.140. The summed E-state index contributed by atoms with van der Waals surface area (Å²) in [7, 11) is 1.90. The maximum atomic E-state index is 12.6. The second kappa shape index (κ2) is 7.22. The van der Waals surface area contributed by atoms with Gasteiger partial charge in [0.1, 0.15) is 0 Å². The van der Waals surface area contributed by atoms with Crippen LogP contribution in [0, 0.1) is 3.57 Å². The number of halogens is 2. The fraction of sp³-hybridized carbons (Fsp3) is 0.533. The molecule has 0 bridgehead atoms. The first kappa shape index (κ1) is 16.2. The minimum absolute atomic E-state index is 0.0957. The first-order valence-corrected chi connectivity index (χ1v) is 8.84. The quantitative estimate of drug-likeness (QED) is 0.654. The van der Waals surface area contributed by atoms with Gasteiger partial charge in [-0.05, 0) is 82.7 Å². The lowest BCUT2D eigenvalue weighted by atomic mass is 10.1. The molecule has 2 rings (SSSR count). The van der Waals surface area contributed by atoms with Gasteiger partial charge in [0.05, 0.1) is 5.56 Å². The summed E-state index contributed by atoms with van der Waals surface area (Å²) < 4.78 is 1.95. The van der Waals surface area contributed by atoms with Crippen LogP contribution in [0.15, 0.2) is 22.7 Å². The third kappa shape index (κ3) is 3.74. The monoisotopic (exact) mass is 450 g/mol. The molecule has 3 nitrogen and oxygen atoms in total. The van der Waals surface area contributed by atoms with E-state index in [0.717, 1.165) is 33.2 Å². The second-order valence-corrected chi connectivity index (χ2v) is 7.33. The van der Waals surface area contributed by atoms with Crippen molar-refractivity contribution in [3.05, 3.63) is 31.8 Å². The molecule has 0 aromatic heterocycles. The number of nitrogens with zero attached hydrogens (tertiary/aromatic N) is 2.